The highest BCUT2D eigenvalue weighted by Crippen LogP contribution is 2.45. The van der Waals surface area contributed by atoms with Gasteiger partial charge in [0.25, 0.3) is 11.8 Å². The Bertz CT molecular complexity index is 1000. The van der Waals surface area contributed by atoms with Gasteiger partial charge in [-0.15, -0.1) is 0 Å². The molecule has 5 rings (SSSR count). The van der Waals surface area contributed by atoms with Crippen molar-refractivity contribution in [3.63, 3.8) is 0 Å². The molecule has 4 heterocycles. The predicted octanol–water partition coefficient (Wildman–Crippen LogP) is 2.93. The zero-order valence-electron chi connectivity index (χ0n) is 18.7. The van der Waals surface area contributed by atoms with Crippen LogP contribution in [0.3, 0.4) is 0 Å². The van der Waals surface area contributed by atoms with E-state index in [0.29, 0.717) is 50.0 Å². The van der Waals surface area contributed by atoms with Crippen molar-refractivity contribution in [3.05, 3.63) is 28.8 Å². The van der Waals surface area contributed by atoms with Crippen LogP contribution in [0.2, 0.25) is 0 Å². The van der Waals surface area contributed by atoms with Gasteiger partial charge in [-0.2, -0.15) is 5.10 Å². The Labute approximate surface area is 190 Å². The van der Waals surface area contributed by atoms with Gasteiger partial charge >= 0.3 is 0 Å². The fraction of sp³-hybridized carbons (Fsp3) is 0.652. The minimum Gasteiger partial charge on any atom is -0.455 e. The summed E-state index contributed by atoms with van der Waals surface area (Å²) in [4.78, 5) is 12.9. The molecule has 1 N–H and O–H groups in total. The molecule has 2 aromatic rings. The fourth-order valence-electron chi connectivity index (χ4n) is 4.82. The standard InChI is InChI=1S/C23H29F2N3O5/c1-23(24,25)19-18-17(33-21(19)22(29)26-10-16-13-31-8-9-32-16)3-2-15-12-28(27-20(15)18)11-14-4-6-30-7-5-14/h12,14,16H,2-11,13H2,1H3,(H,26,29)/t16-/m1/s1. The minimum atomic E-state index is -3.27. The van der Waals surface area contributed by atoms with E-state index in [0.717, 1.165) is 45.1 Å². The van der Waals surface area contributed by atoms with Gasteiger partial charge in [0, 0.05) is 45.8 Å². The summed E-state index contributed by atoms with van der Waals surface area (Å²) in [6.45, 7) is 4.43. The number of ether oxygens (including phenoxy) is 3. The topological polar surface area (TPSA) is 87.8 Å². The van der Waals surface area contributed by atoms with Crippen LogP contribution in [0.4, 0.5) is 8.78 Å². The second-order valence-electron chi connectivity index (χ2n) is 9.05. The number of aromatic nitrogens is 2. The first-order valence-corrected chi connectivity index (χ1v) is 11.6. The van der Waals surface area contributed by atoms with Crippen LogP contribution in [-0.4, -0.2) is 61.4 Å². The first-order chi connectivity index (χ1) is 15.9. The monoisotopic (exact) mass is 465 g/mol. The third-order valence-electron chi connectivity index (χ3n) is 6.48. The highest BCUT2D eigenvalue weighted by molar-refractivity contribution is 5.96. The van der Waals surface area contributed by atoms with Crippen LogP contribution in [-0.2, 0) is 39.5 Å². The summed E-state index contributed by atoms with van der Waals surface area (Å²) < 4.78 is 53.5. The summed E-state index contributed by atoms with van der Waals surface area (Å²) in [6.07, 6.45) is 4.62. The van der Waals surface area contributed by atoms with Crippen LogP contribution in [0, 0.1) is 5.92 Å². The van der Waals surface area contributed by atoms with Crippen molar-refractivity contribution in [3.8, 4) is 11.3 Å². The Balaban J connectivity index is 1.42. The van der Waals surface area contributed by atoms with Crippen molar-refractivity contribution in [2.75, 3.05) is 39.6 Å². The number of alkyl halides is 2. The van der Waals surface area contributed by atoms with Crippen LogP contribution < -0.4 is 5.32 Å². The van der Waals surface area contributed by atoms with Crippen LogP contribution in [0.1, 0.15) is 47.2 Å². The molecule has 1 atom stereocenters. The number of furan rings is 1. The lowest BCUT2D eigenvalue weighted by Gasteiger charge is -2.23. The van der Waals surface area contributed by atoms with Crippen LogP contribution in [0.5, 0.6) is 0 Å². The number of fused-ring (bicyclic) bond motifs is 3. The Hall–Kier alpha value is -2.30. The van der Waals surface area contributed by atoms with Gasteiger partial charge < -0.3 is 23.9 Å². The third-order valence-corrected chi connectivity index (χ3v) is 6.48. The quantitative estimate of drug-likeness (QED) is 0.706. The van der Waals surface area contributed by atoms with Crippen LogP contribution >= 0.6 is 0 Å². The predicted molar refractivity (Wildman–Crippen MR) is 113 cm³/mol. The maximum atomic E-state index is 14.8. The Morgan fingerprint density at radius 2 is 2.03 bits per heavy atom. The van der Waals surface area contributed by atoms with E-state index in [2.05, 4.69) is 10.4 Å². The molecule has 0 bridgehead atoms. The summed E-state index contributed by atoms with van der Waals surface area (Å²) in [5.41, 5.74) is 1.26. The van der Waals surface area contributed by atoms with E-state index in [1.54, 1.807) is 0 Å². The van der Waals surface area contributed by atoms with Gasteiger partial charge in [0.05, 0.1) is 42.7 Å². The zero-order valence-corrected chi connectivity index (χ0v) is 18.7. The number of nitrogens with one attached hydrogen (secondary N) is 1. The molecule has 180 valence electrons. The van der Waals surface area contributed by atoms with Gasteiger partial charge in [0.2, 0.25) is 5.76 Å². The molecule has 0 saturated carbocycles. The molecular weight excluding hydrogens is 436 g/mol. The van der Waals surface area contributed by atoms with Crippen molar-refractivity contribution >= 4 is 5.91 Å². The first-order valence-electron chi connectivity index (χ1n) is 11.6. The molecule has 0 aromatic carbocycles. The SMILES string of the molecule is CC(F)(F)c1c(C(=O)NC[C@@H]2COCCO2)oc2c1-c1nn(CC3CCOCC3)cc1CC2. The van der Waals surface area contributed by atoms with Crippen molar-refractivity contribution in [1.29, 1.82) is 0 Å². The lowest BCUT2D eigenvalue weighted by molar-refractivity contribution is -0.0856. The molecule has 2 fully saturated rings. The average Bonchev–Trinajstić information content (AvgIpc) is 3.39. The second kappa shape index (κ2) is 9.15. The third kappa shape index (κ3) is 4.69. The Morgan fingerprint density at radius 1 is 1.21 bits per heavy atom. The van der Waals surface area contributed by atoms with Gasteiger partial charge in [0.15, 0.2) is 0 Å². The summed E-state index contributed by atoms with van der Waals surface area (Å²) in [6, 6.07) is 0. The number of amides is 1. The van der Waals surface area contributed by atoms with Crippen molar-refractivity contribution < 1.29 is 32.2 Å². The van der Waals surface area contributed by atoms with Gasteiger partial charge in [-0.3, -0.25) is 9.48 Å². The number of aryl methyl sites for hydroxylation is 2. The Morgan fingerprint density at radius 3 is 2.76 bits per heavy atom. The summed E-state index contributed by atoms with van der Waals surface area (Å²) in [5, 5.41) is 7.33. The fourth-order valence-corrected chi connectivity index (χ4v) is 4.82. The molecular formula is C23H29F2N3O5. The molecule has 2 aliphatic heterocycles. The minimum absolute atomic E-state index is 0.157. The highest BCUT2D eigenvalue weighted by Gasteiger charge is 2.42. The zero-order chi connectivity index (χ0) is 23.0. The number of nitrogens with zero attached hydrogens (tertiary/aromatic N) is 2. The van der Waals surface area contributed by atoms with Crippen LogP contribution in [0.15, 0.2) is 10.6 Å². The van der Waals surface area contributed by atoms with Crippen molar-refractivity contribution in [2.24, 2.45) is 5.92 Å². The van der Waals surface area contributed by atoms with E-state index >= 15 is 0 Å². The van der Waals surface area contributed by atoms with Crippen LogP contribution in [0.25, 0.3) is 11.3 Å². The molecule has 33 heavy (non-hydrogen) atoms. The molecule has 0 spiro atoms. The van der Waals surface area contributed by atoms with E-state index in [1.807, 2.05) is 10.9 Å². The molecule has 8 nitrogen and oxygen atoms in total. The second-order valence-corrected chi connectivity index (χ2v) is 9.05. The van der Waals surface area contributed by atoms with E-state index < -0.39 is 17.4 Å². The van der Waals surface area contributed by atoms with Gasteiger partial charge in [-0.05, 0) is 30.7 Å². The lowest BCUT2D eigenvalue weighted by atomic mass is 9.91. The molecule has 1 aliphatic carbocycles. The molecule has 3 aliphatic rings. The van der Waals surface area contributed by atoms with E-state index in [1.165, 1.54) is 0 Å². The lowest BCUT2D eigenvalue weighted by Crippen LogP contribution is -2.40. The molecule has 2 saturated heterocycles. The van der Waals surface area contributed by atoms with Gasteiger partial charge in [-0.1, -0.05) is 0 Å². The molecule has 1 amide bonds. The van der Waals surface area contributed by atoms with Gasteiger partial charge in [0.1, 0.15) is 5.76 Å². The Kier molecular flexibility index (Phi) is 6.24. The number of hydrogen-bond donors (Lipinski definition) is 1. The average molecular weight is 465 g/mol. The number of rotatable bonds is 6. The summed E-state index contributed by atoms with van der Waals surface area (Å²) in [5.74, 6) is -3.47. The van der Waals surface area contributed by atoms with Gasteiger partial charge in [-0.25, -0.2) is 8.78 Å². The molecule has 10 heteroatoms. The number of carbonyl (C=O) groups is 1. The van der Waals surface area contributed by atoms with E-state index in [4.69, 9.17) is 18.6 Å². The van der Waals surface area contributed by atoms with Crippen molar-refractivity contribution in [2.45, 2.75) is 51.2 Å². The molecule has 0 radical (unpaired) electrons. The smallest absolute Gasteiger partial charge is 0.287 e. The molecule has 0 unspecified atom stereocenters. The largest absolute Gasteiger partial charge is 0.455 e. The first kappa shape index (κ1) is 22.5. The number of hydrogen-bond acceptors (Lipinski definition) is 6. The van der Waals surface area contributed by atoms with Crippen molar-refractivity contribution in [1.82, 2.24) is 15.1 Å². The van der Waals surface area contributed by atoms with E-state index in [9.17, 15) is 13.6 Å². The normalized spacial score (nSPS) is 21.5. The maximum absolute atomic E-state index is 14.8. The number of halogens is 2. The number of carbonyl (C=O) groups excluding carboxylic acids is 1. The summed E-state index contributed by atoms with van der Waals surface area (Å²) in [7, 11) is 0. The summed E-state index contributed by atoms with van der Waals surface area (Å²) >= 11 is 0. The highest BCUT2D eigenvalue weighted by atomic mass is 19.3. The maximum Gasteiger partial charge on any atom is 0.287 e. The van der Waals surface area contributed by atoms with E-state index in [-0.39, 0.29) is 24.0 Å². The molecule has 2 aromatic heterocycles.